The summed E-state index contributed by atoms with van der Waals surface area (Å²) >= 11 is 0. The quantitative estimate of drug-likeness (QED) is 0.0144. The molecule has 0 aliphatic rings. The van der Waals surface area contributed by atoms with Crippen LogP contribution < -0.4 is 10.1 Å². The van der Waals surface area contributed by atoms with E-state index >= 15 is 0 Å². The van der Waals surface area contributed by atoms with Crippen LogP contribution in [0.2, 0.25) is 0 Å². The van der Waals surface area contributed by atoms with Crippen molar-refractivity contribution in [2.75, 3.05) is 25.1 Å². The van der Waals surface area contributed by atoms with E-state index in [0.717, 1.165) is 48.5 Å². The van der Waals surface area contributed by atoms with Gasteiger partial charge in [-0.15, -0.1) is 25.6 Å². The standard InChI is InChI=1S/C45H39N7O16S4/c1-3-5-18-46-40-25-33-26(21-41(40)71(61,62)63)22-42(72(64,65)66)44(45(33)54)52-51-39-17-15-37(32-13-11-30(24-35(32)39)70(58,59)60)49-50-38-16-14-36(31-12-10-29(23-34(31)38)69(55,56)57)48-47-27-6-8-28(9-7-27)67-19-20-68-43(53)4-2/h4,6-17,21-25,46,54H,2-3,5,18-20H2,1H3,(H,55,56,57)(H,58,59,60)(H,61,62,63)(H,64,65,66)/b48-47+,50-49+,52-51+. The van der Waals surface area contributed by atoms with Gasteiger partial charge < -0.3 is 19.9 Å². The van der Waals surface area contributed by atoms with Gasteiger partial charge in [-0.2, -0.15) is 38.8 Å². The number of unbranched alkanes of at least 4 members (excludes halogenated alkanes) is 1. The summed E-state index contributed by atoms with van der Waals surface area (Å²) in [6.45, 7) is 5.52. The number of fused-ring (bicyclic) bond motifs is 3. The molecule has 0 aliphatic carbocycles. The first kappa shape index (κ1) is 52.2. The summed E-state index contributed by atoms with van der Waals surface area (Å²) in [6.07, 6.45) is 2.32. The molecule has 0 unspecified atom stereocenters. The van der Waals surface area contributed by atoms with Gasteiger partial charge in [0.2, 0.25) is 0 Å². The Hall–Kier alpha value is -7.63. The first-order chi connectivity index (χ1) is 34.0. The molecule has 0 spiro atoms. The second-order valence-electron chi connectivity index (χ2n) is 15.3. The van der Waals surface area contributed by atoms with Crippen LogP contribution in [0.5, 0.6) is 11.5 Å². The lowest BCUT2D eigenvalue weighted by molar-refractivity contribution is -0.138. The number of benzene rings is 7. The van der Waals surface area contributed by atoms with E-state index in [1.165, 1.54) is 36.4 Å². The number of ether oxygens (including phenoxy) is 2. The van der Waals surface area contributed by atoms with Gasteiger partial charge in [0.15, 0.2) is 5.75 Å². The molecule has 72 heavy (non-hydrogen) atoms. The Morgan fingerprint density at radius 2 is 1.08 bits per heavy atom. The maximum atomic E-state index is 12.7. The van der Waals surface area contributed by atoms with E-state index in [4.69, 9.17) is 9.47 Å². The number of hydrogen-bond donors (Lipinski definition) is 6. The molecule has 374 valence electrons. The molecule has 0 saturated heterocycles. The fourth-order valence-corrected chi connectivity index (χ4v) is 9.33. The number of azo groups is 3. The average molecular weight is 1060 g/mol. The first-order valence-electron chi connectivity index (χ1n) is 20.8. The van der Waals surface area contributed by atoms with Crippen molar-refractivity contribution in [1.82, 2.24) is 0 Å². The van der Waals surface area contributed by atoms with Gasteiger partial charge in [0.25, 0.3) is 40.5 Å². The number of rotatable bonds is 19. The van der Waals surface area contributed by atoms with Gasteiger partial charge in [-0.1, -0.05) is 32.1 Å². The number of anilines is 1. The van der Waals surface area contributed by atoms with E-state index in [1.807, 2.05) is 6.92 Å². The molecule has 0 atom stereocenters. The highest BCUT2D eigenvalue weighted by atomic mass is 32.2. The fraction of sp³-hybridized carbons (Fsp3) is 0.133. The molecule has 0 heterocycles. The lowest BCUT2D eigenvalue weighted by Gasteiger charge is -2.14. The van der Waals surface area contributed by atoms with Crippen molar-refractivity contribution < 1.29 is 71.3 Å². The van der Waals surface area contributed by atoms with Crippen molar-refractivity contribution >= 4 is 119 Å². The summed E-state index contributed by atoms with van der Waals surface area (Å²) in [5.41, 5.74) is -0.446. The predicted molar refractivity (Wildman–Crippen MR) is 262 cm³/mol. The van der Waals surface area contributed by atoms with Gasteiger partial charge in [-0.25, -0.2) is 4.79 Å². The molecule has 0 fully saturated rings. The second-order valence-corrected chi connectivity index (χ2v) is 20.9. The minimum Gasteiger partial charge on any atom is -0.505 e. The van der Waals surface area contributed by atoms with Crippen LogP contribution in [0.3, 0.4) is 0 Å². The lowest BCUT2D eigenvalue weighted by Crippen LogP contribution is -2.09. The van der Waals surface area contributed by atoms with Gasteiger partial charge in [0.1, 0.15) is 34.4 Å². The zero-order valence-corrected chi connectivity index (χ0v) is 40.4. The molecule has 7 aromatic carbocycles. The third-order valence-electron chi connectivity index (χ3n) is 10.4. The Bertz CT molecular complexity index is 3890. The molecule has 7 rings (SSSR count). The molecule has 0 saturated carbocycles. The molecule has 0 amide bonds. The summed E-state index contributed by atoms with van der Waals surface area (Å²) in [7, 11) is -19.7. The minimum atomic E-state index is -5.25. The zero-order valence-electron chi connectivity index (χ0n) is 37.2. The SMILES string of the molecule is C=CC(=O)OCCOc1ccc(/N=N/c2ccc(/N=N/c3ccc(/N=N/c4c(S(=O)(=O)O)cc5cc(S(=O)(=O)O)c(NCCCC)cc5c4O)c4cc(S(=O)(=O)O)ccc34)c3cc(S(=O)(=O)O)ccc23)cc1. The Morgan fingerprint density at radius 1 is 0.583 bits per heavy atom. The molecular formula is C45H39N7O16S4. The van der Waals surface area contributed by atoms with Crippen LogP contribution in [-0.2, 0) is 50.0 Å². The minimum absolute atomic E-state index is 0.00175. The van der Waals surface area contributed by atoms with Crippen molar-refractivity contribution in [3.63, 3.8) is 0 Å². The molecule has 27 heteroatoms. The summed E-state index contributed by atoms with van der Waals surface area (Å²) < 4.78 is 150. The third kappa shape index (κ3) is 12.1. The van der Waals surface area contributed by atoms with Crippen molar-refractivity contribution in [2.24, 2.45) is 30.7 Å². The van der Waals surface area contributed by atoms with Gasteiger partial charge in [0, 0.05) is 39.6 Å². The molecule has 6 N–H and O–H groups in total. The zero-order chi connectivity index (χ0) is 52.2. The number of carbonyl (C=O) groups is 1. The maximum Gasteiger partial charge on any atom is 0.330 e. The van der Waals surface area contributed by atoms with E-state index in [2.05, 4.69) is 42.6 Å². The van der Waals surface area contributed by atoms with Crippen molar-refractivity contribution in [2.45, 2.75) is 39.3 Å². The van der Waals surface area contributed by atoms with Gasteiger partial charge >= 0.3 is 5.97 Å². The Balaban J connectivity index is 1.28. The van der Waals surface area contributed by atoms with Crippen LogP contribution in [-0.4, -0.2) is 82.7 Å². The number of carbonyl (C=O) groups excluding carboxylic acids is 1. The van der Waals surface area contributed by atoms with E-state index in [1.54, 1.807) is 24.3 Å². The van der Waals surface area contributed by atoms with Crippen LogP contribution in [0.25, 0.3) is 32.3 Å². The van der Waals surface area contributed by atoms with Crippen LogP contribution in [0.4, 0.5) is 39.8 Å². The maximum absolute atomic E-state index is 12.7. The van der Waals surface area contributed by atoms with Crippen molar-refractivity contribution in [1.29, 1.82) is 0 Å². The number of aromatic hydroxyl groups is 1. The Morgan fingerprint density at radius 3 is 1.58 bits per heavy atom. The van der Waals surface area contributed by atoms with Crippen LogP contribution in [0.1, 0.15) is 19.8 Å². The van der Waals surface area contributed by atoms with Gasteiger partial charge in [-0.05, 0) is 103 Å². The number of nitrogens with one attached hydrogen (secondary N) is 1. The third-order valence-corrected chi connectivity index (χ3v) is 13.9. The molecule has 7 aromatic rings. The monoisotopic (exact) mass is 1060 g/mol. The Labute approximate surface area is 410 Å². The van der Waals surface area contributed by atoms with Crippen molar-refractivity contribution in [3.05, 3.63) is 116 Å². The number of esters is 1. The highest BCUT2D eigenvalue weighted by Gasteiger charge is 2.26. The number of phenols is 1. The summed E-state index contributed by atoms with van der Waals surface area (Å²) in [5.74, 6) is -1.03. The van der Waals surface area contributed by atoms with Crippen LogP contribution in [0.15, 0.2) is 166 Å². The van der Waals surface area contributed by atoms with E-state index in [0.29, 0.717) is 29.7 Å². The van der Waals surface area contributed by atoms with Gasteiger partial charge in [-0.3, -0.25) is 18.2 Å². The largest absolute Gasteiger partial charge is 0.505 e. The molecule has 0 radical (unpaired) electrons. The van der Waals surface area contributed by atoms with E-state index < -0.39 is 77.5 Å². The summed E-state index contributed by atoms with van der Waals surface area (Å²) in [5, 5.41) is 39.7. The van der Waals surface area contributed by atoms with Crippen LogP contribution in [0, 0.1) is 0 Å². The predicted octanol–water partition coefficient (Wildman–Crippen LogP) is 10.4. The Kier molecular flexibility index (Phi) is 15.2. The second kappa shape index (κ2) is 21.0. The average Bonchev–Trinajstić information content (AvgIpc) is 3.32. The first-order valence-corrected chi connectivity index (χ1v) is 26.6. The summed E-state index contributed by atoms with van der Waals surface area (Å²) in [6, 6.07) is 21.7. The molecule has 23 nitrogen and oxygen atoms in total. The molecular weight excluding hydrogens is 1020 g/mol. The molecule has 0 bridgehead atoms. The smallest absolute Gasteiger partial charge is 0.330 e. The highest BCUT2D eigenvalue weighted by molar-refractivity contribution is 7.86. The van der Waals surface area contributed by atoms with Crippen LogP contribution >= 0.6 is 0 Å². The van der Waals surface area contributed by atoms with Gasteiger partial charge in [0.05, 0.1) is 43.9 Å². The highest BCUT2D eigenvalue weighted by Crippen LogP contribution is 2.45. The van der Waals surface area contributed by atoms with E-state index in [-0.39, 0.29) is 75.1 Å². The summed E-state index contributed by atoms with van der Waals surface area (Å²) in [4.78, 5) is 8.44. The molecule has 0 aliphatic heterocycles. The number of nitrogens with zero attached hydrogens (tertiary/aromatic N) is 6. The topological polar surface area (TPSA) is 359 Å². The van der Waals surface area contributed by atoms with E-state index in [9.17, 15) is 61.8 Å². The number of hydrogen-bond acceptors (Lipinski definition) is 19. The molecule has 0 aromatic heterocycles. The number of phenolic OH excluding ortho intramolecular Hbond substituents is 1. The van der Waals surface area contributed by atoms with Crippen molar-refractivity contribution in [3.8, 4) is 11.5 Å². The fourth-order valence-electron chi connectivity index (χ4n) is 6.97. The lowest BCUT2D eigenvalue weighted by atomic mass is 10.1. The normalized spacial score (nSPS) is 12.7.